The summed E-state index contributed by atoms with van der Waals surface area (Å²) in [6.07, 6.45) is 1.74. The lowest BCUT2D eigenvalue weighted by atomic mass is 10.2. The van der Waals surface area contributed by atoms with Gasteiger partial charge in [-0.2, -0.15) is 5.26 Å². The molecule has 0 unspecified atom stereocenters. The van der Waals surface area contributed by atoms with Gasteiger partial charge in [0.25, 0.3) is 11.5 Å². The van der Waals surface area contributed by atoms with E-state index in [2.05, 4.69) is 0 Å². The van der Waals surface area contributed by atoms with Crippen molar-refractivity contribution in [2.45, 2.75) is 6.54 Å². The predicted octanol–water partition coefficient (Wildman–Crippen LogP) is 0.737. The van der Waals surface area contributed by atoms with E-state index < -0.39 is 5.91 Å². The summed E-state index contributed by atoms with van der Waals surface area (Å²) in [6.45, 7) is 0.314. The molecule has 0 atom stereocenters. The van der Waals surface area contributed by atoms with Crippen molar-refractivity contribution in [3.63, 3.8) is 0 Å². The molecule has 1 aliphatic rings. The molecule has 4 rings (SSSR count). The topological polar surface area (TPSA) is 107 Å². The van der Waals surface area contributed by atoms with Gasteiger partial charge in [0, 0.05) is 4.88 Å². The first-order valence-corrected chi connectivity index (χ1v) is 9.84. The number of carbonyl (C=O) groups is 1. The van der Waals surface area contributed by atoms with Crippen molar-refractivity contribution >= 4 is 40.2 Å². The number of thiophene rings is 1. The smallest absolute Gasteiger partial charge is 0.269 e. The Morgan fingerprint density at radius 2 is 2.14 bits per heavy atom. The van der Waals surface area contributed by atoms with Gasteiger partial charge in [0.15, 0.2) is 17.1 Å². The number of hydrogen-bond donors (Lipinski definition) is 1. The Hall–Kier alpha value is -3.35. The summed E-state index contributed by atoms with van der Waals surface area (Å²) in [7, 11) is 0. The van der Waals surface area contributed by atoms with Crippen molar-refractivity contribution < 1.29 is 14.3 Å². The van der Waals surface area contributed by atoms with Crippen molar-refractivity contribution in [3.05, 3.63) is 65.7 Å². The summed E-state index contributed by atoms with van der Waals surface area (Å²) >= 11 is 2.56. The van der Waals surface area contributed by atoms with Crippen LogP contribution >= 0.6 is 22.7 Å². The molecule has 0 aliphatic carbocycles. The number of benzene rings is 1. The highest BCUT2D eigenvalue weighted by atomic mass is 32.1. The van der Waals surface area contributed by atoms with Crippen LogP contribution in [0.5, 0.6) is 11.5 Å². The average Bonchev–Trinajstić information content (AvgIpc) is 3.40. The van der Waals surface area contributed by atoms with Gasteiger partial charge < -0.3 is 15.2 Å². The third-order valence-electron chi connectivity index (χ3n) is 4.07. The van der Waals surface area contributed by atoms with Gasteiger partial charge >= 0.3 is 0 Å². The summed E-state index contributed by atoms with van der Waals surface area (Å²) < 4.78 is 12.7. The van der Waals surface area contributed by atoms with Crippen molar-refractivity contribution in [3.8, 4) is 17.6 Å². The molecule has 2 aromatic heterocycles. The van der Waals surface area contributed by atoms with E-state index in [4.69, 9.17) is 15.2 Å². The average molecular weight is 411 g/mol. The highest BCUT2D eigenvalue weighted by Gasteiger charge is 2.16. The second-order valence-corrected chi connectivity index (χ2v) is 7.87. The maximum atomic E-state index is 13.0. The number of primary amides is 1. The number of carbonyl (C=O) groups excluding carboxylic acids is 1. The monoisotopic (exact) mass is 411 g/mol. The summed E-state index contributed by atoms with van der Waals surface area (Å²) in [4.78, 5) is 25.6. The fourth-order valence-corrected chi connectivity index (χ4v) is 4.61. The molecular formula is C19H13N3O4S2. The van der Waals surface area contributed by atoms with Gasteiger partial charge in [-0.3, -0.25) is 14.2 Å². The lowest BCUT2D eigenvalue weighted by Gasteiger charge is -2.05. The van der Waals surface area contributed by atoms with Crippen molar-refractivity contribution in [2.75, 3.05) is 6.79 Å². The molecular weight excluding hydrogens is 398 g/mol. The Bertz CT molecular complexity index is 1280. The lowest BCUT2D eigenvalue weighted by Crippen LogP contribution is -2.34. The lowest BCUT2D eigenvalue weighted by molar-refractivity contribution is -0.112. The summed E-state index contributed by atoms with van der Waals surface area (Å²) in [5, 5.41) is 11.3. The molecule has 0 saturated carbocycles. The zero-order chi connectivity index (χ0) is 19.7. The number of nitriles is 1. The molecule has 2 N–H and O–H groups in total. The Labute approximate surface area is 166 Å². The third kappa shape index (κ3) is 3.31. The van der Waals surface area contributed by atoms with E-state index in [1.807, 2.05) is 23.6 Å². The van der Waals surface area contributed by atoms with Gasteiger partial charge in [0.2, 0.25) is 6.79 Å². The third-order valence-corrected chi connectivity index (χ3v) is 6.02. The van der Waals surface area contributed by atoms with E-state index >= 15 is 0 Å². The first-order chi connectivity index (χ1) is 13.6. The maximum absolute atomic E-state index is 13.0. The first kappa shape index (κ1) is 18.0. The summed E-state index contributed by atoms with van der Waals surface area (Å²) in [5.74, 6) is 0.354. The SMILES string of the molecule is N#CC(C(N)=O)=c1sc(=Cc2cccs2)c(=O)n1Cc1ccc2c(c1)OCO2. The van der Waals surface area contributed by atoms with Crippen LogP contribution in [0.25, 0.3) is 11.6 Å². The molecule has 1 aromatic carbocycles. The van der Waals surface area contributed by atoms with E-state index in [-0.39, 0.29) is 29.1 Å². The fraction of sp³-hybridized carbons (Fsp3) is 0.105. The van der Waals surface area contributed by atoms with Crippen LogP contribution in [-0.4, -0.2) is 17.3 Å². The van der Waals surface area contributed by atoms with Crippen LogP contribution in [0.2, 0.25) is 0 Å². The van der Waals surface area contributed by atoms with E-state index in [1.165, 1.54) is 15.9 Å². The molecule has 0 fully saturated rings. The minimum Gasteiger partial charge on any atom is -0.454 e. The number of amides is 1. The van der Waals surface area contributed by atoms with Crippen molar-refractivity contribution in [1.29, 1.82) is 5.26 Å². The van der Waals surface area contributed by atoms with Crippen LogP contribution < -0.4 is 30.0 Å². The zero-order valence-electron chi connectivity index (χ0n) is 14.4. The zero-order valence-corrected chi connectivity index (χ0v) is 16.0. The quantitative estimate of drug-likeness (QED) is 0.681. The molecule has 0 bridgehead atoms. The molecule has 0 radical (unpaired) electrons. The van der Waals surface area contributed by atoms with Crippen LogP contribution in [0.4, 0.5) is 0 Å². The van der Waals surface area contributed by atoms with Gasteiger partial charge in [-0.15, -0.1) is 22.7 Å². The minimum atomic E-state index is -0.870. The molecule has 7 nitrogen and oxygen atoms in total. The normalized spacial score (nSPS) is 14.0. The number of rotatable bonds is 4. The van der Waals surface area contributed by atoms with E-state index in [0.717, 1.165) is 21.8 Å². The second-order valence-electron chi connectivity index (χ2n) is 5.86. The number of nitrogens with two attached hydrogens (primary N) is 1. The Morgan fingerprint density at radius 1 is 1.32 bits per heavy atom. The number of nitrogens with zero attached hydrogens (tertiary/aromatic N) is 2. The molecule has 9 heteroatoms. The largest absolute Gasteiger partial charge is 0.454 e. The van der Waals surface area contributed by atoms with Gasteiger partial charge in [-0.25, -0.2) is 0 Å². The number of fused-ring (bicyclic) bond motifs is 1. The van der Waals surface area contributed by atoms with Gasteiger partial charge in [-0.05, 0) is 35.2 Å². The summed E-state index contributed by atoms with van der Waals surface area (Å²) in [6, 6.07) is 10.9. The molecule has 1 amide bonds. The molecule has 3 aromatic rings. The minimum absolute atomic E-state index is 0.149. The van der Waals surface area contributed by atoms with Gasteiger partial charge in [0.05, 0.1) is 11.1 Å². The molecule has 3 heterocycles. The molecule has 0 spiro atoms. The Morgan fingerprint density at radius 3 is 2.86 bits per heavy atom. The van der Waals surface area contributed by atoms with E-state index in [9.17, 15) is 14.9 Å². The maximum Gasteiger partial charge on any atom is 0.269 e. The molecule has 28 heavy (non-hydrogen) atoms. The molecule has 140 valence electrons. The number of thiazole rings is 1. The molecule has 0 saturated heterocycles. The van der Waals surface area contributed by atoms with Crippen LogP contribution in [0, 0.1) is 11.3 Å². The number of hydrogen-bond acceptors (Lipinski definition) is 7. The second kappa shape index (κ2) is 7.34. The highest BCUT2D eigenvalue weighted by Crippen LogP contribution is 2.32. The van der Waals surface area contributed by atoms with Crippen LogP contribution in [0.3, 0.4) is 0 Å². The van der Waals surface area contributed by atoms with Crippen molar-refractivity contribution in [2.24, 2.45) is 5.73 Å². The number of aromatic nitrogens is 1. The highest BCUT2D eigenvalue weighted by molar-refractivity contribution is 7.11. The molecule has 1 aliphatic heterocycles. The number of ether oxygens (including phenoxy) is 2. The Kier molecular flexibility index (Phi) is 4.73. The summed E-state index contributed by atoms with van der Waals surface area (Å²) in [5.41, 5.74) is 5.60. The Balaban J connectivity index is 1.90. The van der Waals surface area contributed by atoms with Gasteiger partial charge in [0.1, 0.15) is 10.7 Å². The van der Waals surface area contributed by atoms with Crippen LogP contribution in [0.1, 0.15) is 10.4 Å². The van der Waals surface area contributed by atoms with Crippen LogP contribution in [-0.2, 0) is 11.3 Å². The van der Waals surface area contributed by atoms with E-state index in [1.54, 1.807) is 24.3 Å². The van der Waals surface area contributed by atoms with E-state index in [0.29, 0.717) is 16.0 Å². The van der Waals surface area contributed by atoms with Gasteiger partial charge in [-0.1, -0.05) is 12.1 Å². The predicted molar refractivity (Wildman–Crippen MR) is 106 cm³/mol. The standard InChI is InChI=1S/C19H13N3O4S2/c20-8-13(17(21)23)19-22(9-11-3-4-14-15(6-11)26-10-25-14)18(24)16(28-19)7-12-2-1-5-27-12/h1-7H,9-10H2,(H2,21,23). The van der Waals surface area contributed by atoms with Crippen LogP contribution in [0.15, 0.2) is 40.5 Å². The fourth-order valence-electron chi connectivity index (χ4n) is 2.78. The van der Waals surface area contributed by atoms with Crippen molar-refractivity contribution in [1.82, 2.24) is 4.57 Å². The first-order valence-electron chi connectivity index (χ1n) is 8.14.